The SMILES string of the molecule is COc1ccc(C(=O)N2CCNC[C@@H]2C)cc1OC. The summed E-state index contributed by atoms with van der Waals surface area (Å²) in [5, 5.41) is 3.27. The minimum absolute atomic E-state index is 0.0370. The van der Waals surface area contributed by atoms with Gasteiger partial charge in [-0.25, -0.2) is 0 Å². The summed E-state index contributed by atoms with van der Waals surface area (Å²) in [6.45, 7) is 4.45. The van der Waals surface area contributed by atoms with Gasteiger partial charge < -0.3 is 19.7 Å². The molecule has 5 heteroatoms. The second-order valence-electron chi connectivity index (χ2n) is 4.62. The summed E-state index contributed by atoms with van der Waals surface area (Å²) in [5.41, 5.74) is 0.631. The average molecular weight is 264 g/mol. The number of nitrogens with zero attached hydrogens (tertiary/aromatic N) is 1. The Morgan fingerprint density at radius 1 is 1.32 bits per heavy atom. The number of ether oxygens (including phenoxy) is 2. The molecular weight excluding hydrogens is 244 g/mol. The second-order valence-corrected chi connectivity index (χ2v) is 4.62. The van der Waals surface area contributed by atoms with Gasteiger partial charge in [0.1, 0.15) is 0 Å². The Labute approximate surface area is 113 Å². The van der Waals surface area contributed by atoms with E-state index in [0.717, 1.165) is 19.6 Å². The second kappa shape index (κ2) is 5.93. The van der Waals surface area contributed by atoms with Gasteiger partial charge in [-0.3, -0.25) is 4.79 Å². The van der Waals surface area contributed by atoms with Crippen LogP contribution < -0.4 is 14.8 Å². The van der Waals surface area contributed by atoms with Crippen LogP contribution in [0.25, 0.3) is 0 Å². The zero-order valence-electron chi connectivity index (χ0n) is 11.6. The lowest BCUT2D eigenvalue weighted by molar-refractivity contribution is 0.0655. The Kier molecular flexibility index (Phi) is 4.27. The summed E-state index contributed by atoms with van der Waals surface area (Å²) in [6, 6.07) is 5.47. The van der Waals surface area contributed by atoms with Crippen molar-refractivity contribution in [2.45, 2.75) is 13.0 Å². The zero-order chi connectivity index (χ0) is 13.8. The molecule has 5 nitrogen and oxygen atoms in total. The minimum atomic E-state index is 0.0370. The molecule has 1 saturated heterocycles. The molecule has 0 unspecified atom stereocenters. The van der Waals surface area contributed by atoms with Crippen molar-refractivity contribution < 1.29 is 14.3 Å². The smallest absolute Gasteiger partial charge is 0.254 e. The van der Waals surface area contributed by atoms with E-state index in [2.05, 4.69) is 5.32 Å². The van der Waals surface area contributed by atoms with Crippen molar-refractivity contribution in [3.8, 4) is 11.5 Å². The Bertz CT molecular complexity index is 462. The van der Waals surface area contributed by atoms with Crippen molar-refractivity contribution in [1.29, 1.82) is 0 Å². The molecular formula is C14H20N2O3. The fourth-order valence-electron chi connectivity index (χ4n) is 2.28. The predicted octanol–water partition coefficient (Wildman–Crippen LogP) is 1.14. The molecule has 1 atom stereocenters. The average Bonchev–Trinajstić information content (AvgIpc) is 2.46. The van der Waals surface area contributed by atoms with Gasteiger partial charge in [0.25, 0.3) is 5.91 Å². The van der Waals surface area contributed by atoms with Gasteiger partial charge in [0.2, 0.25) is 0 Å². The zero-order valence-corrected chi connectivity index (χ0v) is 11.6. The first-order valence-electron chi connectivity index (χ1n) is 6.41. The van der Waals surface area contributed by atoms with E-state index in [-0.39, 0.29) is 11.9 Å². The van der Waals surface area contributed by atoms with Crippen molar-refractivity contribution in [2.75, 3.05) is 33.9 Å². The number of methoxy groups -OCH3 is 2. The molecule has 0 spiro atoms. The van der Waals surface area contributed by atoms with Gasteiger partial charge in [-0.05, 0) is 25.1 Å². The van der Waals surface area contributed by atoms with Crippen LogP contribution in [0.3, 0.4) is 0 Å². The highest BCUT2D eigenvalue weighted by Gasteiger charge is 2.24. The molecule has 1 amide bonds. The first-order valence-corrected chi connectivity index (χ1v) is 6.41. The number of rotatable bonds is 3. The van der Waals surface area contributed by atoms with Gasteiger partial charge in [0, 0.05) is 31.2 Å². The van der Waals surface area contributed by atoms with Crippen LogP contribution in [0.2, 0.25) is 0 Å². The van der Waals surface area contributed by atoms with Gasteiger partial charge in [-0.15, -0.1) is 0 Å². The van der Waals surface area contributed by atoms with E-state index in [4.69, 9.17) is 9.47 Å². The molecule has 1 aliphatic heterocycles. The van der Waals surface area contributed by atoms with Gasteiger partial charge in [0.15, 0.2) is 11.5 Å². The van der Waals surface area contributed by atoms with Gasteiger partial charge in [-0.2, -0.15) is 0 Å². The molecule has 0 radical (unpaired) electrons. The first kappa shape index (κ1) is 13.7. The van der Waals surface area contributed by atoms with Gasteiger partial charge >= 0.3 is 0 Å². The summed E-state index contributed by atoms with van der Waals surface area (Å²) in [6.07, 6.45) is 0. The summed E-state index contributed by atoms with van der Waals surface area (Å²) in [5.74, 6) is 1.25. The number of hydrogen-bond donors (Lipinski definition) is 1. The Morgan fingerprint density at radius 2 is 2.05 bits per heavy atom. The van der Waals surface area contributed by atoms with E-state index in [9.17, 15) is 4.79 Å². The minimum Gasteiger partial charge on any atom is -0.493 e. The highest BCUT2D eigenvalue weighted by Crippen LogP contribution is 2.28. The quantitative estimate of drug-likeness (QED) is 0.889. The van der Waals surface area contributed by atoms with E-state index in [1.165, 1.54) is 0 Å². The number of amides is 1. The maximum absolute atomic E-state index is 12.5. The summed E-state index contributed by atoms with van der Waals surface area (Å²) in [4.78, 5) is 14.4. The highest BCUT2D eigenvalue weighted by molar-refractivity contribution is 5.95. The van der Waals surface area contributed by atoms with E-state index in [0.29, 0.717) is 17.1 Å². The van der Waals surface area contributed by atoms with Crippen molar-refractivity contribution in [1.82, 2.24) is 10.2 Å². The lowest BCUT2D eigenvalue weighted by Gasteiger charge is -2.34. The summed E-state index contributed by atoms with van der Waals surface area (Å²) < 4.78 is 10.4. The van der Waals surface area contributed by atoms with Crippen LogP contribution in [0.15, 0.2) is 18.2 Å². The van der Waals surface area contributed by atoms with Crippen molar-refractivity contribution in [3.63, 3.8) is 0 Å². The maximum atomic E-state index is 12.5. The van der Waals surface area contributed by atoms with Crippen LogP contribution >= 0.6 is 0 Å². The molecule has 2 rings (SSSR count). The number of piperazine rings is 1. The number of carbonyl (C=O) groups excluding carboxylic acids is 1. The monoisotopic (exact) mass is 264 g/mol. The molecule has 19 heavy (non-hydrogen) atoms. The molecule has 1 aromatic carbocycles. The molecule has 0 bridgehead atoms. The van der Waals surface area contributed by atoms with Crippen LogP contribution in [0.5, 0.6) is 11.5 Å². The van der Waals surface area contributed by atoms with E-state index >= 15 is 0 Å². The van der Waals surface area contributed by atoms with Crippen LogP contribution in [-0.2, 0) is 0 Å². The molecule has 1 aromatic rings. The third kappa shape index (κ3) is 2.81. The maximum Gasteiger partial charge on any atom is 0.254 e. The van der Waals surface area contributed by atoms with Crippen LogP contribution in [0.4, 0.5) is 0 Å². The van der Waals surface area contributed by atoms with Crippen LogP contribution in [0.1, 0.15) is 17.3 Å². The standard InChI is InChI=1S/C14H20N2O3/c1-10-9-15-6-7-16(10)14(17)11-4-5-12(18-2)13(8-11)19-3/h4-5,8,10,15H,6-7,9H2,1-3H3/t10-/m0/s1. The topological polar surface area (TPSA) is 50.8 Å². The number of nitrogens with one attached hydrogen (secondary N) is 1. The normalized spacial score (nSPS) is 19.1. The predicted molar refractivity (Wildman–Crippen MR) is 72.9 cm³/mol. The lowest BCUT2D eigenvalue weighted by atomic mass is 10.1. The number of carbonyl (C=O) groups is 1. The van der Waals surface area contributed by atoms with Crippen LogP contribution in [-0.4, -0.2) is 50.7 Å². The van der Waals surface area contributed by atoms with Crippen LogP contribution in [0, 0.1) is 0 Å². The molecule has 0 saturated carbocycles. The van der Waals surface area contributed by atoms with E-state index in [1.807, 2.05) is 11.8 Å². The largest absolute Gasteiger partial charge is 0.493 e. The fourth-order valence-corrected chi connectivity index (χ4v) is 2.28. The van der Waals surface area contributed by atoms with Crippen molar-refractivity contribution >= 4 is 5.91 Å². The van der Waals surface area contributed by atoms with Gasteiger partial charge in [-0.1, -0.05) is 0 Å². The molecule has 0 aromatic heterocycles. The first-order chi connectivity index (χ1) is 9.17. The van der Waals surface area contributed by atoms with E-state index in [1.54, 1.807) is 32.4 Å². The Balaban J connectivity index is 2.23. The molecule has 1 heterocycles. The lowest BCUT2D eigenvalue weighted by Crippen LogP contribution is -2.52. The third-order valence-corrected chi connectivity index (χ3v) is 3.39. The summed E-state index contributed by atoms with van der Waals surface area (Å²) in [7, 11) is 3.15. The van der Waals surface area contributed by atoms with Crippen molar-refractivity contribution in [2.24, 2.45) is 0 Å². The van der Waals surface area contributed by atoms with E-state index < -0.39 is 0 Å². The molecule has 1 N–H and O–H groups in total. The van der Waals surface area contributed by atoms with Crippen molar-refractivity contribution in [3.05, 3.63) is 23.8 Å². The third-order valence-electron chi connectivity index (χ3n) is 3.39. The Hall–Kier alpha value is -1.75. The number of hydrogen-bond acceptors (Lipinski definition) is 4. The molecule has 1 aliphatic rings. The molecule has 104 valence electrons. The fraction of sp³-hybridized carbons (Fsp3) is 0.500. The highest BCUT2D eigenvalue weighted by atomic mass is 16.5. The summed E-state index contributed by atoms with van der Waals surface area (Å²) >= 11 is 0. The van der Waals surface area contributed by atoms with Gasteiger partial charge in [0.05, 0.1) is 14.2 Å². The molecule has 0 aliphatic carbocycles. The Morgan fingerprint density at radius 3 is 2.68 bits per heavy atom. The molecule has 1 fully saturated rings. The number of benzene rings is 1.